The van der Waals surface area contributed by atoms with Crippen LogP contribution in [0.2, 0.25) is 0 Å². The maximum absolute atomic E-state index is 11.7. The number of carbonyl (C=O) groups excluding carboxylic acids is 1. The number of esters is 1. The number of ether oxygens (including phenoxy) is 1. The number of imidazole rings is 1. The lowest BCUT2D eigenvalue weighted by molar-refractivity contribution is 0.00562. The van der Waals surface area contributed by atoms with Crippen LogP contribution in [0.25, 0.3) is 11.2 Å². The van der Waals surface area contributed by atoms with Gasteiger partial charge in [0, 0.05) is 0 Å². The van der Waals surface area contributed by atoms with Gasteiger partial charge in [0.15, 0.2) is 11.5 Å². The van der Waals surface area contributed by atoms with E-state index in [0.29, 0.717) is 11.2 Å². The average Bonchev–Trinajstić information content (AvgIpc) is 2.63. The molecule has 0 aliphatic heterocycles. The Hall–Kier alpha value is -2.18. The molecule has 7 heteroatoms. The van der Waals surface area contributed by atoms with Gasteiger partial charge in [0.1, 0.15) is 11.1 Å². The third-order valence-electron chi connectivity index (χ3n) is 1.90. The highest BCUT2D eigenvalue weighted by atomic mass is 16.6. The zero-order valence-corrected chi connectivity index (χ0v) is 9.81. The summed E-state index contributed by atoms with van der Waals surface area (Å²) < 4.78 is 5.15. The van der Waals surface area contributed by atoms with Crippen molar-refractivity contribution in [3.8, 4) is 0 Å². The third-order valence-corrected chi connectivity index (χ3v) is 1.90. The van der Waals surface area contributed by atoms with Crippen LogP contribution < -0.4 is 5.73 Å². The number of nitrogens with two attached hydrogens (primary N) is 1. The summed E-state index contributed by atoms with van der Waals surface area (Å²) in [7, 11) is 0. The molecule has 3 N–H and O–H groups in total. The van der Waals surface area contributed by atoms with Gasteiger partial charge in [0.05, 0.1) is 6.33 Å². The Balaban J connectivity index is 2.39. The van der Waals surface area contributed by atoms with E-state index in [1.165, 1.54) is 6.33 Å². The molecule has 0 bridgehead atoms. The van der Waals surface area contributed by atoms with E-state index >= 15 is 0 Å². The third kappa shape index (κ3) is 2.32. The maximum Gasteiger partial charge on any atom is 0.377 e. The van der Waals surface area contributed by atoms with E-state index in [0.717, 1.165) is 0 Å². The number of hydrogen-bond acceptors (Lipinski definition) is 6. The van der Waals surface area contributed by atoms with Gasteiger partial charge in [-0.25, -0.2) is 19.7 Å². The van der Waals surface area contributed by atoms with Gasteiger partial charge in [-0.15, -0.1) is 0 Å². The van der Waals surface area contributed by atoms with Crippen molar-refractivity contribution in [1.82, 2.24) is 19.9 Å². The van der Waals surface area contributed by atoms with Crippen molar-refractivity contribution in [2.75, 3.05) is 5.73 Å². The minimum Gasteiger partial charge on any atom is -0.454 e. The molecule has 0 amide bonds. The molecule has 0 unspecified atom stereocenters. The highest BCUT2D eigenvalue weighted by Gasteiger charge is 2.21. The molecule has 7 nitrogen and oxygen atoms in total. The van der Waals surface area contributed by atoms with Crippen LogP contribution in [0.1, 0.15) is 31.4 Å². The van der Waals surface area contributed by atoms with Crippen LogP contribution in [0.4, 0.5) is 5.82 Å². The number of nitrogens with zero attached hydrogens (tertiary/aromatic N) is 3. The standard InChI is InChI=1S/C10H13N5O2/c1-10(2,3)17-9(16)8-14-6(11)5-7(15-8)13-4-12-5/h4H,1-3H3,(H3,11,12,13,14,15). The van der Waals surface area contributed by atoms with Gasteiger partial charge in [0.25, 0.3) is 0 Å². The van der Waals surface area contributed by atoms with Crippen LogP contribution in [0.3, 0.4) is 0 Å². The van der Waals surface area contributed by atoms with Crippen molar-refractivity contribution in [2.45, 2.75) is 26.4 Å². The van der Waals surface area contributed by atoms with Gasteiger partial charge >= 0.3 is 5.97 Å². The van der Waals surface area contributed by atoms with Crippen LogP contribution >= 0.6 is 0 Å². The second kappa shape index (κ2) is 3.69. The van der Waals surface area contributed by atoms with E-state index in [1.54, 1.807) is 20.8 Å². The second-order valence-electron chi connectivity index (χ2n) is 4.54. The first-order valence-corrected chi connectivity index (χ1v) is 5.07. The quantitative estimate of drug-likeness (QED) is 0.711. The van der Waals surface area contributed by atoms with E-state index in [2.05, 4.69) is 19.9 Å². The molecule has 0 atom stereocenters. The van der Waals surface area contributed by atoms with E-state index in [9.17, 15) is 4.79 Å². The molecule has 0 spiro atoms. The normalized spacial score (nSPS) is 11.7. The molecule has 0 radical (unpaired) electrons. The van der Waals surface area contributed by atoms with Crippen molar-refractivity contribution in [3.05, 3.63) is 12.2 Å². The molecule has 2 rings (SSSR count). The van der Waals surface area contributed by atoms with Gasteiger partial charge in [0.2, 0.25) is 5.82 Å². The number of rotatable bonds is 1. The summed E-state index contributed by atoms with van der Waals surface area (Å²) in [6, 6.07) is 0. The number of aromatic nitrogens is 4. The van der Waals surface area contributed by atoms with Crippen molar-refractivity contribution in [1.29, 1.82) is 0 Å². The number of fused-ring (bicyclic) bond motifs is 1. The van der Waals surface area contributed by atoms with E-state index in [4.69, 9.17) is 10.5 Å². The summed E-state index contributed by atoms with van der Waals surface area (Å²) in [5.41, 5.74) is 5.93. The SMILES string of the molecule is CC(C)(C)OC(=O)c1nc(N)c2[nH]cnc2n1. The maximum atomic E-state index is 11.7. The molecule has 2 heterocycles. The van der Waals surface area contributed by atoms with Crippen LogP contribution in [0, 0.1) is 0 Å². The Morgan fingerprint density at radius 3 is 2.76 bits per heavy atom. The summed E-state index contributed by atoms with van der Waals surface area (Å²) in [6.45, 7) is 5.30. The Morgan fingerprint density at radius 1 is 1.41 bits per heavy atom. The Bertz CT molecular complexity index is 570. The first kappa shape index (κ1) is 11.3. The van der Waals surface area contributed by atoms with Gasteiger partial charge in [-0.05, 0) is 20.8 Å². The van der Waals surface area contributed by atoms with Crippen molar-refractivity contribution in [3.63, 3.8) is 0 Å². The van der Waals surface area contributed by atoms with E-state index in [1.807, 2.05) is 0 Å². The average molecular weight is 235 g/mol. The Morgan fingerprint density at radius 2 is 2.12 bits per heavy atom. The molecular weight excluding hydrogens is 222 g/mol. The molecular formula is C10H13N5O2. The van der Waals surface area contributed by atoms with Crippen LogP contribution in [0.5, 0.6) is 0 Å². The van der Waals surface area contributed by atoms with Crippen LogP contribution in [0.15, 0.2) is 6.33 Å². The first-order valence-electron chi connectivity index (χ1n) is 5.07. The van der Waals surface area contributed by atoms with Gasteiger partial charge < -0.3 is 15.5 Å². The van der Waals surface area contributed by atoms with E-state index in [-0.39, 0.29) is 11.6 Å². The zero-order valence-electron chi connectivity index (χ0n) is 9.81. The van der Waals surface area contributed by atoms with Gasteiger partial charge in [-0.1, -0.05) is 0 Å². The number of hydrogen-bond donors (Lipinski definition) is 2. The number of nitrogen functional groups attached to an aromatic ring is 1. The van der Waals surface area contributed by atoms with Gasteiger partial charge in [-0.3, -0.25) is 0 Å². The molecule has 2 aromatic heterocycles. The predicted molar refractivity (Wildman–Crippen MR) is 61.3 cm³/mol. The number of aromatic amines is 1. The fourth-order valence-electron chi connectivity index (χ4n) is 1.27. The highest BCUT2D eigenvalue weighted by Crippen LogP contribution is 2.15. The minimum atomic E-state index is -0.617. The Labute approximate surface area is 97.4 Å². The van der Waals surface area contributed by atoms with Crippen LogP contribution in [-0.2, 0) is 4.74 Å². The fraction of sp³-hybridized carbons (Fsp3) is 0.400. The molecule has 2 aromatic rings. The fourth-order valence-corrected chi connectivity index (χ4v) is 1.27. The van der Waals surface area contributed by atoms with Crippen molar-refractivity contribution >= 4 is 23.0 Å². The molecule has 0 saturated heterocycles. The number of carbonyl (C=O) groups is 1. The summed E-state index contributed by atoms with van der Waals surface area (Å²) in [5.74, 6) is -0.528. The van der Waals surface area contributed by atoms with E-state index < -0.39 is 11.6 Å². The number of H-pyrrole nitrogens is 1. The molecule has 0 fully saturated rings. The lowest BCUT2D eigenvalue weighted by Gasteiger charge is -2.18. The lowest BCUT2D eigenvalue weighted by atomic mass is 10.2. The molecule has 0 aromatic carbocycles. The topological polar surface area (TPSA) is 107 Å². The molecule has 17 heavy (non-hydrogen) atoms. The van der Waals surface area contributed by atoms with Crippen LogP contribution in [-0.4, -0.2) is 31.5 Å². The summed E-state index contributed by atoms with van der Waals surface area (Å²) in [5, 5.41) is 0. The van der Waals surface area contributed by atoms with Crippen molar-refractivity contribution in [2.24, 2.45) is 0 Å². The summed E-state index contributed by atoms with van der Waals surface area (Å²) in [6.07, 6.45) is 1.44. The minimum absolute atomic E-state index is 0.0861. The molecule has 0 aliphatic carbocycles. The Kier molecular flexibility index (Phi) is 2.45. The zero-order chi connectivity index (χ0) is 12.6. The molecule has 0 aliphatic rings. The molecule has 0 saturated carbocycles. The highest BCUT2D eigenvalue weighted by molar-refractivity contribution is 5.90. The number of anilines is 1. The predicted octanol–water partition coefficient (Wildman–Crippen LogP) is 0.890. The first-order chi connectivity index (χ1) is 7.87. The number of nitrogens with one attached hydrogen (secondary N) is 1. The second-order valence-corrected chi connectivity index (χ2v) is 4.54. The van der Waals surface area contributed by atoms with Crippen molar-refractivity contribution < 1.29 is 9.53 Å². The smallest absolute Gasteiger partial charge is 0.377 e. The summed E-state index contributed by atoms with van der Waals surface area (Å²) in [4.78, 5) is 26.3. The monoisotopic (exact) mass is 235 g/mol. The molecule has 90 valence electrons. The lowest BCUT2D eigenvalue weighted by Crippen LogP contribution is -2.25. The largest absolute Gasteiger partial charge is 0.454 e. The van der Waals surface area contributed by atoms with Gasteiger partial charge in [-0.2, -0.15) is 0 Å². The summed E-state index contributed by atoms with van der Waals surface area (Å²) >= 11 is 0.